The molecular formula is C15H16N4S4. The quantitative estimate of drug-likeness (QED) is 0.543. The molecule has 2 heterocycles. The Hall–Kier alpha value is -0.960. The molecule has 0 bridgehead atoms. The molecule has 8 heteroatoms. The van der Waals surface area contributed by atoms with Crippen LogP contribution in [-0.4, -0.2) is 19.6 Å². The maximum Gasteiger partial charge on any atom is 0.182 e. The molecule has 0 saturated heterocycles. The van der Waals surface area contributed by atoms with Gasteiger partial charge in [-0.05, 0) is 47.3 Å². The third-order valence-corrected chi connectivity index (χ3v) is 7.10. The number of nitrogens with zero attached hydrogens (tertiary/aromatic N) is 4. The highest BCUT2D eigenvalue weighted by Crippen LogP contribution is 2.35. The summed E-state index contributed by atoms with van der Waals surface area (Å²) in [6.07, 6.45) is 0. The van der Waals surface area contributed by atoms with Gasteiger partial charge < -0.3 is 0 Å². The zero-order valence-electron chi connectivity index (χ0n) is 13.0. The van der Waals surface area contributed by atoms with Gasteiger partial charge in [-0.15, -0.1) is 10.2 Å². The van der Waals surface area contributed by atoms with Crippen LogP contribution in [0.1, 0.15) is 36.7 Å². The van der Waals surface area contributed by atoms with E-state index in [0.29, 0.717) is 5.92 Å². The predicted molar refractivity (Wildman–Crippen MR) is 98.8 cm³/mol. The molecule has 0 aliphatic carbocycles. The zero-order chi connectivity index (χ0) is 16.2. The van der Waals surface area contributed by atoms with E-state index in [1.807, 2.05) is 6.92 Å². The minimum Gasteiger partial charge on any atom is -0.213 e. The molecule has 2 aromatic heterocycles. The van der Waals surface area contributed by atoms with E-state index >= 15 is 0 Å². The monoisotopic (exact) mass is 380 g/mol. The topological polar surface area (TPSA) is 51.6 Å². The molecule has 0 aliphatic rings. The number of hydrogen-bond donors (Lipinski definition) is 0. The Morgan fingerprint density at radius 2 is 1.78 bits per heavy atom. The predicted octanol–water partition coefficient (Wildman–Crippen LogP) is 5.26. The van der Waals surface area contributed by atoms with Crippen molar-refractivity contribution in [2.75, 3.05) is 0 Å². The summed E-state index contributed by atoms with van der Waals surface area (Å²) in [6.45, 7) is 6.32. The summed E-state index contributed by atoms with van der Waals surface area (Å²) in [5.41, 5.74) is 2.68. The fourth-order valence-corrected chi connectivity index (χ4v) is 5.67. The van der Waals surface area contributed by atoms with Gasteiger partial charge in [-0.2, -0.15) is 4.37 Å². The highest BCUT2D eigenvalue weighted by molar-refractivity contribution is 8.03. The van der Waals surface area contributed by atoms with E-state index in [-0.39, 0.29) is 0 Å². The lowest BCUT2D eigenvalue weighted by Crippen LogP contribution is -1.87. The largest absolute Gasteiger partial charge is 0.213 e. The van der Waals surface area contributed by atoms with Crippen molar-refractivity contribution in [2.24, 2.45) is 0 Å². The van der Waals surface area contributed by atoms with Gasteiger partial charge in [0.25, 0.3) is 0 Å². The van der Waals surface area contributed by atoms with Crippen LogP contribution in [0.25, 0.3) is 0 Å². The standard InChI is InChI=1S/C15H16N4S4/c1-9(2)12-6-4-11(5-7-12)8-20-14-17-18-15(22-14)21-13-16-10(3)19-23-13/h4-7,9H,8H2,1-3H3. The van der Waals surface area contributed by atoms with Crippen LogP contribution in [0, 0.1) is 6.92 Å². The normalized spacial score (nSPS) is 11.3. The van der Waals surface area contributed by atoms with Gasteiger partial charge >= 0.3 is 0 Å². The number of benzene rings is 1. The first-order valence-electron chi connectivity index (χ1n) is 7.13. The summed E-state index contributed by atoms with van der Waals surface area (Å²) in [5, 5.41) is 8.47. The lowest BCUT2D eigenvalue weighted by Gasteiger charge is -2.05. The van der Waals surface area contributed by atoms with Gasteiger partial charge in [-0.25, -0.2) is 4.98 Å². The number of aromatic nitrogens is 4. The molecule has 3 rings (SSSR count). The van der Waals surface area contributed by atoms with Gasteiger partial charge in [0.1, 0.15) is 5.82 Å². The molecular weight excluding hydrogens is 364 g/mol. The molecule has 0 aliphatic heterocycles. The Morgan fingerprint density at radius 1 is 1.04 bits per heavy atom. The van der Waals surface area contributed by atoms with E-state index in [0.717, 1.165) is 24.6 Å². The molecule has 3 aromatic rings. The Kier molecular flexibility index (Phi) is 5.68. The zero-order valence-corrected chi connectivity index (χ0v) is 16.3. The highest BCUT2D eigenvalue weighted by atomic mass is 32.2. The van der Waals surface area contributed by atoms with Crippen molar-refractivity contribution in [3.05, 3.63) is 41.2 Å². The van der Waals surface area contributed by atoms with E-state index < -0.39 is 0 Å². The molecule has 4 nitrogen and oxygen atoms in total. The van der Waals surface area contributed by atoms with Crippen LogP contribution in [0.4, 0.5) is 0 Å². The first-order valence-corrected chi connectivity index (χ1v) is 10.5. The number of hydrogen-bond acceptors (Lipinski definition) is 8. The van der Waals surface area contributed by atoms with Crippen molar-refractivity contribution in [2.45, 2.75) is 45.5 Å². The molecule has 1 aromatic carbocycles. The van der Waals surface area contributed by atoms with Gasteiger partial charge in [0.05, 0.1) is 0 Å². The van der Waals surface area contributed by atoms with E-state index in [4.69, 9.17) is 0 Å². The van der Waals surface area contributed by atoms with Gasteiger partial charge in [0.15, 0.2) is 13.0 Å². The molecule has 0 spiro atoms. The van der Waals surface area contributed by atoms with E-state index in [9.17, 15) is 0 Å². The third-order valence-electron chi connectivity index (χ3n) is 3.08. The maximum atomic E-state index is 4.33. The molecule has 0 fully saturated rings. The fraction of sp³-hybridized carbons (Fsp3) is 0.333. The first-order chi connectivity index (χ1) is 11.1. The highest BCUT2D eigenvalue weighted by Gasteiger charge is 2.10. The summed E-state index contributed by atoms with van der Waals surface area (Å²) in [5.74, 6) is 2.29. The Morgan fingerprint density at radius 3 is 2.43 bits per heavy atom. The molecule has 0 amide bonds. The molecule has 0 N–H and O–H groups in total. The van der Waals surface area contributed by atoms with Crippen LogP contribution >= 0.6 is 46.4 Å². The van der Waals surface area contributed by atoms with Crippen molar-refractivity contribution in [3.63, 3.8) is 0 Å². The Bertz CT molecular complexity index is 764. The Labute approximate surface area is 152 Å². The van der Waals surface area contributed by atoms with Crippen LogP contribution in [-0.2, 0) is 5.75 Å². The SMILES string of the molecule is Cc1nsc(Sc2nnc(SCc3ccc(C(C)C)cc3)s2)n1. The molecule has 0 atom stereocenters. The van der Waals surface area contributed by atoms with Crippen molar-refractivity contribution >= 4 is 46.4 Å². The molecule has 0 saturated carbocycles. The minimum atomic E-state index is 0.573. The summed E-state index contributed by atoms with van der Waals surface area (Å²) in [6, 6.07) is 8.81. The second-order valence-corrected chi connectivity index (χ2v) is 9.67. The molecule has 120 valence electrons. The number of rotatable bonds is 6. The van der Waals surface area contributed by atoms with Crippen LogP contribution in [0.3, 0.4) is 0 Å². The molecule has 0 unspecified atom stereocenters. The fourth-order valence-electron chi connectivity index (χ4n) is 1.83. The van der Waals surface area contributed by atoms with Gasteiger partial charge in [-0.3, -0.25) is 0 Å². The third kappa shape index (κ3) is 4.76. The smallest absolute Gasteiger partial charge is 0.182 e. The van der Waals surface area contributed by atoms with Gasteiger partial charge in [-0.1, -0.05) is 61.2 Å². The number of thioether (sulfide) groups is 1. The summed E-state index contributed by atoms with van der Waals surface area (Å²) >= 11 is 6.26. The van der Waals surface area contributed by atoms with Gasteiger partial charge in [0.2, 0.25) is 0 Å². The van der Waals surface area contributed by atoms with Crippen molar-refractivity contribution < 1.29 is 0 Å². The van der Waals surface area contributed by atoms with Gasteiger partial charge in [0, 0.05) is 5.75 Å². The lowest BCUT2D eigenvalue weighted by atomic mass is 10.0. The van der Waals surface area contributed by atoms with Crippen molar-refractivity contribution in [1.29, 1.82) is 0 Å². The van der Waals surface area contributed by atoms with Crippen LogP contribution in [0.2, 0.25) is 0 Å². The summed E-state index contributed by atoms with van der Waals surface area (Å²) in [7, 11) is 0. The molecule has 0 radical (unpaired) electrons. The second-order valence-electron chi connectivity index (χ2n) is 5.23. The average Bonchev–Trinajstić information content (AvgIpc) is 3.15. The lowest BCUT2D eigenvalue weighted by molar-refractivity contribution is 0.866. The second kappa shape index (κ2) is 7.74. The molecule has 23 heavy (non-hydrogen) atoms. The van der Waals surface area contributed by atoms with E-state index in [2.05, 4.69) is 57.7 Å². The van der Waals surface area contributed by atoms with Crippen molar-refractivity contribution in [1.82, 2.24) is 19.6 Å². The van der Waals surface area contributed by atoms with Crippen LogP contribution in [0.5, 0.6) is 0 Å². The van der Waals surface area contributed by atoms with Crippen molar-refractivity contribution in [3.8, 4) is 0 Å². The average molecular weight is 381 g/mol. The maximum absolute atomic E-state index is 4.33. The minimum absolute atomic E-state index is 0.573. The number of aryl methyl sites for hydroxylation is 1. The van der Waals surface area contributed by atoms with Crippen LogP contribution < -0.4 is 0 Å². The Balaban J connectivity index is 1.56. The van der Waals surface area contributed by atoms with Crippen LogP contribution in [0.15, 0.2) is 37.3 Å². The summed E-state index contributed by atoms with van der Waals surface area (Å²) in [4.78, 5) is 4.33. The summed E-state index contributed by atoms with van der Waals surface area (Å²) < 4.78 is 7.00. The van der Waals surface area contributed by atoms with E-state index in [1.165, 1.54) is 34.4 Å². The first kappa shape index (κ1) is 16.9. The van der Waals surface area contributed by atoms with E-state index in [1.54, 1.807) is 23.1 Å².